The summed E-state index contributed by atoms with van der Waals surface area (Å²) in [5.41, 5.74) is -2.27. The van der Waals surface area contributed by atoms with Gasteiger partial charge in [0.1, 0.15) is 25.0 Å². The van der Waals surface area contributed by atoms with Crippen LogP contribution in [0.5, 0.6) is 0 Å². The highest BCUT2D eigenvalue weighted by Crippen LogP contribution is 2.56. The molecule has 13 heteroatoms. The van der Waals surface area contributed by atoms with Gasteiger partial charge in [-0.15, -0.1) is 0 Å². The molecule has 0 aromatic carbocycles. The Morgan fingerprint density at radius 1 is 1.37 bits per heavy atom. The van der Waals surface area contributed by atoms with E-state index in [-0.39, 0.29) is 31.7 Å². The highest BCUT2D eigenvalue weighted by Gasteiger charge is 2.63. The number of H-pyrrole nitrogens is 1. The monoisotopic (exact) mass is 528 g/mol. The lowest BCUT2D eigenvalue weighted by atomic mass is 10.00. The summed E-state index contributed by atoms with van der Waals surface area (Å²) in [5, 5.41) is 9.00. The van der Waals surface area contributed by atoms with Crippen molar-refractivity contribution in [3.8, 4) is 6.07 Å². The Kier molecular flexibility index (Phi) is 8.93. The van der Waals surface area contributed by atoms with Crippen molar-refractivity contribution >= 4 is 15.7 Å². The zero-order valence-electron chi connectivity index (χ0n) is 20.9. The second-order valence-electron chi connectivity index (χ2n) is 9.58. The summed E-state index contributed by atoms with van der Waals surface area (Å²) in [6.45, 7) is 11.7. The number of aromatic amines is 1. The molecule has 0 spiro atoms. The van der Waals surface area contributed by atoms with Crippen LogP contribution < -0.4 is 11.2 Å². The average Bonchev–Trinajstić information content (AvgIpc) is 3.23. The molecule has 0 radical (unpaired) electrons. The smallest absolute Gasteiger partial charge is 0.330 e. The minimum atomic E-state index is -2.56. The van der Waals surface area contributed by atoms with Crippen LogP contribution in [0.3, 0.4) is 0 Å². The van der Waals surface area contributed by atoms with Gasteiger partial charge in [-0.1, -0.05) is 0 Å². The molecule has 2 aliphatic heterocycles. The number of ether oxygens (including phenoxy) is 2. The van der Waals surface area contributed by atoms with Crippen LogP contribution in [0.4, 0.5) is 0 Å². The quantitative estimate of drug-likeness (QED) is 0.340. The van der Waals surface area contributed by atoms with Gasteiger partial charge in [0.2, 0.25) is 0 Å². The second-order valence-corrected chi connectivity index (χ2v) is 14.2. The van der Waals surface area contributed by atoms with E-state index in [2.05, 4.69) is 15.7 Å². The molecule has 1 unspecified atom stereocenters. The van der Waals surface area contributed by atoms with Gasteiger partial charge in [-0.25, -0.2) is 9.46 Å². The highest BCUT2D eigenvalue weighted by atomic mass is 31.2. The third-order valence-electron chi connectivity index (χ3n) is 5.61. The first-order valence-corrected chi connectivity index (χ1v) is 15.3. The van der Waals surface area contributed by atoms with Crippen molar-refractivity contribution in [2.45, 2.75) is 70.2 Å². The normalized spacial score (nSPS) is 27.4. The predicted molar refractivity (Wildman–Crippen MR) is 133 cm³/mol. The van der Waals surface area contributed by atoms with Gasteiger partial charge < -0.3 is 23.1 Å². The van der Waals surface area contributed by atoms with Crippen LogP contribution in [0, 0.1) is 11.3 Å². The van der Waals surface area contributed by atoms with Crippen molar-refractivity contribution in [2.24, 2.45) is 0 Å². The van der Waals surface area contributed by atoms with E-state index < -0.39 is 51.0 Å². The molecule has 0 amide bonds. The molecule has 2 fully saturated rings. The number of nitrogens with one attached hydrogen (secondary N) is 1. The fraction of sp³-hybridized carbons (Fsp3) is 0.682. The standard InChI is InChI=1S/C22H34N4O7P2/c1-15(2)26(16(3)4)34(31-12-7-10-23)33-19-18-20(25-11-8-17(27)24-21(25)28)32-22(19,14-30-18)9-13-35(5,6)29/h8-9,11,13,15-16,18-20H,7,12,14H2,1-6H3,(H,24,27,28)/b13-9+/t18-,19+,20-,22+,34?/m1/s1. The summed E-state index contributed by atoms with van der Waals surface area (Å²) < 4.78 is 40.9. The lowest BCUT2D eigenvalue weighted by molar-refractivity contribution is -0.156. The Balaban J connectivity index is 2.02. The van der Waals surface area contributed by atoms with Crippen LogP contribution in [0.1, 0.15) is 40.3 Å². The van der Waals surface area contributed by atoms with Gasteiger partial charge in [0.25, 0.3) is 14.1 Å². The third-order valence-corrected chi connectivity index (χ3v) is 8.59. The van der Waals surface area contributed by atoms with Gasteiger partial charge in [0, 0.05) is 24.3 Å². The average molecular weight is 528 g/mol. The Bertz CT molecular complexity index is 1110. The molecule has 194 valence electrons. The van der Waals surface area contributed by atoms with E-state index in [0.717, 1.165) is 0 Å². The maximum Gasteiger partial charge on any atom is 0.330 e. The van der Waals surface area contributed by atoms with E-state index in [1.807, 2.05) is 27.7 Å². The Morgan fingerprint density at radius 2 is 2.06 bits per heavy atom. The first-order valence-electron chi connectivity index (χ1n) is 11.5. The van der Waals surface area contributed by atoms with Crippen molar-refractivity contribution < 1.29 is 23.1 Å². The summed E-state index contributed by atoms with van der Waals surface area (Å²) in [6.07, 6.45) is 1.01. The molecule has 1 N–H and O–H groups in total. The molecule has 1 aromatic heterocycles. The Labute approximate surface area is 206 Å². The number of rotatable bonds is 11. The van der Waals surface area contributed by atoms with E-state index in [0.29, 0.717) is 0 Å². The minimum Gasteiger partial charge on any atom is -0.367 e. The predicted octanol–water partition coefficient (Wildman–Crippen LogP) is 3.00. The lowest BCUT2D eigenvalue weighted by Gasteiger charge is -2.38. The molecule has 1 aromatic rings. The van der Waals surface area contributed by atoms with Crippen LogP contribution in [0.25, 0.3) is 0 Å². The molecule has 2 saturated heterocycles. The maximum absolute atomic E-state index is 12.5. The highest BCUT2D eigenvalue weighted by molar-refractivity contribution is 7.65. The van der Waals surface area contributed by atoms with E-state index in [1.54, 1.807) is 25.2 Å². The van der Waals surface area contributed by atoms with E-state index in [1.165, 1.54) is 16.8 Å². The van der Waals surface area contributed by atoms with E-state index >= 15 is 0 Å². The van der Waals surface area contributed by atoms with Crippen molar-refractivity contribution in [1.82, 2.24) is 14.2 Å². The van der Waals surface area contributed by atoms with E-state index in [4.69, 9.17) is 23.8 Å². The minimum absolute atomic E-state index is 0.0831. The number of hydrogen-bond donors (Lipinski definition) is 1. The molecule has 35 heavy (non-hydrogen) atoms. The molecule has 0 saturated carbocycles. The molecule has 2 bridgehead atoms. The first kappa shape index (κ1) is 27.9. The Morgan fingerprint density at radius 3 is 2.63 bits per heavy atom. The molecular formula is C22H34N4O7P2. The summed E-state index contributed by atoms with van der Waals surface area (Å²) in [4.78, 5) is 26.3. The van der Waals surface area contributed by atoms with Gasteiger partial charge in [-0.05, 0) is 52.9 Å². The largest absolute Gasteiger partial charge is 0.367 e. The SMILES string of the molecule is CC(C)N(C(C)C)P(OCCC#N)O[C@H]1[C@H]2OC[C@]1(/C=C/P(C)(C)=O)O[C@H]2n1ccc(=O)[nH]c1=O. The van der Waals surface area contributed by atoms with Crippen LogP contribution in [0.15, 0.2) is 33.7 Å². The van der Waals surface area contributed by atoms with Crippen LogP contribution >= 0.6 is 15.7 Å². The van der Waals surface area contributed by atoms with Gasteiger partial charge in [-0.2, -0.15) is 5.26 Å². The van der Waals surface area contributed by atoms with Gasteiger partial charge in [0.15, 0.2) is 6.23 Å². The first-order chi connectivity index (χ1) is 16.4. The van der Waals surface area contributed by atoms with Crippen LogP contribution in [-0.2, 0) is 23.1 Å². The summed E-state index contributed by atoms with van der Waals surface area (Å²) in [5.74, 6) is 1.61. The zero-order valence-corrected chi connectivity index (χ0v) is 22.7. The third kappa shape index (κ3) is 6.39. The number of aromatic nitrogens is 2. The molecular weight excluding hydrogens is 494 g/mol. The summed E-state index contributed by atoms with van der Waals surface area (Å²) in [6, 6.07) is 3.48. The molecule has 5 atom stereocenters. The number of nitrogens with zero attached hydrogens (tertiary/aromatic N) is 3. The maximum atomic E-state index is 12.5. The van der Waals surface area contributed by atoms with E-state index in [9.17, 15) is 14.2 Å². The second kappa shape index (κ2) is 11.2. The summed E-state index contributed by atoms with van der Waals surface area (Å²) in [7, 11) is -4.19. The summed E-state index contributed by atoms with van der Waals surface area (Å²) >= 11 is 0. The molecule has 11 nitrogen and oxygen atoms in total. The van der Waals surface area contributed by atoms with Crippen molar-refractivity contribution in [2.75, 3.05) is 26.5 Å². The fourth-order valence-corrected chi connectivity index (χ4v) is 6.58. The van der Waals surface area contributed by atoms with Gasteiger partial charge in [0.05, 0.1) is 25.7 Å². The van der Waals surface area contributed by atoms with Crippen LogP contribution in [0.2, 0.25) is 0 Å². The van der Waals surface area contributed by atoms with Crippen LogP contribution in [-0.4, -0.2) is 70.7 Å². The van der Waals surface area contributed by atoms with Crippen molar-refractivity contribution in [3.05, 3.63) is 45.0 Å². The van der Waals surface area contributed by atoms with Crippen molar-refractivity contribution in [3.63, 3.8) is 0 Å². The van der Waals surface area contributed by atoms with Gasteiger partial charge in [-0.3, -0.25) is 14.3 Å². The topological polar surface area (TPSA) is 136 Å². The number of hydrogen-bond acceptors (Lipinski definition) is 9. The molecule has 3 heterocycles. The van der Waals surface area contributed by atoms with Gasteiger partial charge >= 0.3 is 5.69 Å². The van der Waals surface area contributed by atoms with Crippen molar-refractivity contribution in [1.29, 1.82) is 5.26 Å². The molecule has 2 aliphatic rings. The Hall–Kier alpha value is -1.63. The number of nitriles is 1. The zero-order chi connectivity index (χ0) is 26.0. The lowest BCUT2D eigenvalue weighted by Crippen LogP contribution is -2.42. The molecule has 0 aliphatic carbocycles. The fourth-order valence-electron chi connectivity index (χ4n) is 4.17. The molecule has 3 rings (SSSR count). The number of fused-ring (bicyclic) bond motifs is 2.